The summed E-state index contributed by atoms with van der Waals surface area (Å²) in [4.78, 5) is 12.4. The highest BCUT2D eigenvalue weighted by Crippen LogP contribution is 2.37. The number of hydrogen-bond acceptors (Lipinski definition) is 5. The highest BCUT2D eigenvalue weighted by atomic mass is 16.7. The topological polar surface area (TPSA) is 65.0 Å². The van der Waals surface area contributed by atoms with Gasteiger partial charge in [0, 0.05) is 7.11 Å². The van der Waals surface area contributed by atoms with E-state index in [9.17, 15) is 4.79 Å². The van der Waals surface area contributed by atoms with Gasteiger partial charge in [0.1, 0.15) is 0 Å². The van der Waals surface area contributed by atoms with Gasteiger partial charge in [-0.3, -0.25) is 4.79 Å². The molecule has 1 aliphatic heterocycles. The molecule has 1 N–H and O–H groups in total. The van der Waals surface area contributed by atoms with Crippen LogP contribution >= 0.6 is 0 Å². The number of ether oxygens (including phenoxy) is 3. The van der Waals surface area contributed by atoms with Gasteiger partial charge in [-0.25, -0.2) is 0 Å². The Balaban J connectivity index is 0.00000211. The third-order valence-electron chi connectivity index (χ3n) is 3.83. The van der Waals surface area contributed by atoms with E-state index in [1.807, 2.05) is 27.7 Å². The Bertz CT molecular complexity index is 364. The van der Waals surface area contributed by atoms with Crippen LogP contribution in [0, 0.1) is 5.41 Å². The van der Waals surface area contributed by atoms with Crippen molar-refractivity contribution in [3.05, 3.63) is 12.2 Å². The van der Waals surface area contributed by atoms with Gasteiger partial charge < -0.3 is 19.3 Å². The zero-order valence-electron chi connectivity index (χ0n) is 14.9. The van der Waals surface area contributed by atoms with Crippen molar-refractivity contribution in [3.63, 3.8) is 0 Å². The molecule has 1 fully saturated rings. The Labute approximate surface area is 134 Å². The summed E-state index contributed by atoms with van der Waals surface area (Å²) in [5, 5.41) is 7.00. The van der Waals surface area contributed by atoms with E-state index in [-0.39, 0.29) is 12.1 Å². The van der Waals surface area contributed by atoms with Crippen molar-refractivity contribution in [2.75, 3.05) is 20.3 Å². The lowest BCUT2D eigenvalue weighted by Gasteiger charge is -2.30. The van der Waals surface area contributed by atoms with Crippen LogP contribution < -0.4 is 0 Å². The van der Waals surface area contributed by atoms with E-state index < -0.39 is 11.2 Å². The van der Waals surface area contributed by atoms with Crippen LogP contribution in [0.2, 0.25) is 0 Å². The molecule has 1 heterocycles. The highest BCUT2D eigenvalue weighted by Gasteiger charge is 2.42. The summed E-state index contributed by atoms with van der Waals surface area (Å²) in [5.74, 6) is -0.793. The minimum atomic E-state index is -0.720. The van der Waals surface area contributed by atoms with Crippen LogP contribution in [0.25, 0.3) is 0 Å². The van der Waals surface area contributed by atoms with Crippen LogP contribution in [0.1, 0.15) is 53.9 Å². The number of hydrogen-bond donors (Lipinski definition) is 1. The van der Waals surface area contributed by atoms with Crippen LogP contribution in [-0.2, 0) is 19.0 Å². The van der Waals surface area contributed by atoms with E-state index in [4.69, 9.17) is 19.3 Å². The molecule has 5 heteroatoms. The fourth-order valence-corrected chi connectivity index (χ4v) is 2.22. The second-order valence-corrected chi connectivity index (χ2v) is 6.26. The fraction of sp³-hybridized carbons (Fsp3) is 0.824. The zero-order chi connectivity index (χ0) is 17.4. The normalized spacial score (nSPS) is 22.2. The average Bonchev–Trinajstić information content (AvgIpc) is 2.79. The zero-order valence-corrected chi connectivity index (χ0v) is 14.9. The SMILES string of the molecule is C=C(C)C(C)(CC1COC(C)(C)O1)C(=O)OCCCC.CO. The molecule has 1 rings (SSSR count). The van der Waals surface area contributed by atoms with Gasteiger partial charge in [-0.15, -0.1) is 0 Å². The molecule has 0 bridgehead atoms. The predicted octanol–water partition coefficient (Wildman–Crippen LogP) is 3.06. The number of unbranched alkanes of at least 4 members (excludes halogenated alkanes) is 1. The molecule has 0 aliphatic carbocycles. The average molecular weight is 316 g/mol. The fourth-order valence-electron chi connectivity index (χ4n) is 2.22. The number of carbonyl (C=O) groups excluding carboxylic acids is 1. The van der Waals surface area contributed by atoms with Crippen LogP contribution in [0.15, 0.2) is 12.2 Å². The largest absolute Gasteiger partial charge is 0.465 e. The molecule has 1 saturated heterocycles. The van der Waals surface area contributed by atoms with Crippen molar-refractivity contribution in [2.24, 2.45) is 5.41 Å². The number of carbonyl (C=O) groups is 1. The maximum absolute atomic E-state index is 12.4. The summed E-state index contributed by atoms with van der Waals surface area (Å²) in [7, 11) is 1.00. The quantitative estimate of drug-likeness (QED) is 0.444. The first-order chi connectivity index (χ1) is 10.2. The lowest BCUT2D eigenvalue weighted by molar-refractivity contribution is -0.159. The first kappa shape index (κ1) is 21.1. The standard InChI is InChI=1S/C16H28O4.CH4O/c1-7-8-9-18-14(17)16(6,12(2)3)10-13-11-19-15(4,5)20-13;1-2/h13H,2,7-11H2,1,3-6H3;2H,1H3. The molecule has 0 spiro atoms. The van der Waals surface area contributed by atoms with Crippen molar-refractivity contribution in [3.8, 4) is 0 Å². The monoisotopic (exact) mass is 316 g/mol. The molecule has 0 amide bonds. The highest BCUT2D eigenvalue weighted by molar-refractivity contribution is 5.79. The van der Waals surface area contributed by atoms with Gasteiger partial charge in [-0.05, 0) is 40.5 Å². The Morgan fingerprint density at radius 1 is 1.45 bits per heavy atom. The smallest absolute Gasteiger partial charge is 0.316 e. The molecule has 130 valence electrons. The van der Waals surface area contributed by atoms with E-state index >= 15 is 0 Å². The Morgan fingerprint density at radius 3 is 2.45 bits per heavy atom. The van der Waals surface area contributed by atoms with Crippen molar-refractivity contribution < 1.29 is 24.1 Å². The summed E-state index contributed by atoms with van der Waals surface area (Å²) in [6.07, 6.45) is 2.32. The van der Waals surface area contributed by atoms with Gasteiger partial charge in [0.15, 0.2) is 5.79 Å². The minimum Gasteiger partial charge on any atom is -0.465 e. The maximum atomic E-state index is 12.4. The van der Waals surface area contributed by atoms with Gasteiger partial charge in [-0.1, -0.05) is 25.5 Å². The molecule has 2 atom stereocenters. The predicted molar refractivity (Wildman–Crippen MR) is 86.5 cm³/mol. The first-order valence-corrected chi connectivity index (χ1v) is 7.81. The van der Waals surface area contributed by atoms with Gasteiger partial charge in [0.05, 0.1) is 24.7 Å². The van der Waals surface area contributed by atoms with Crippen LogP contribution in [-0.4, -0.2) is 43.3 Å². The Hall–Kier alpha value is -0.910. The summed E-state index contributed by atoms with van der Waals surface area (Å²) in [6, 6.07) is 0. The third-order valence-corrected chi connectivity index (χ3v) is 3.83. The summed E-state index contributed by atoms with van der Waals surface area (Å²) >= 11 is 0. The van der Waals surface area contributed by atoms with E-state index in [1.165, 1.54) is 0 Å². The molecule has 2 unspecified atom stereocenters. The summed E-state index contributed by atoms with van der Waals surface area (Å²) in [6.45, 7) is 14.5. The molecular weight excluding hydrogens is 284 g/mol. The second-order valence-electron chi connectivity index (χ2n) is 6.26. The first-order valence-electron chi connectivity index (χ1n) is 7.81. The minimum absolute atomic E-state index is 0.106. The second kappa shape index (κ2) is 9.28. The van der Waals surface area contributed by atoms with Crippen molar-refractivity contribution >= 4 is 5.97 Å². The van der Waals surface area contributed by atoms with Crippen LogP contribution in [0.3, 0.4) is 0 Å². The molecule has 0 aromatic carbocycles. The number of esters is 1. The van der Waals surface area contributed by atoms with E-state index in [2.05, 4.69) is 13.5 Å². The molecular formula is C17H32O5. The lowest BCUT2D eigenvalue weighted by Crippen LogP contribution is -2.36. The van der Waals surface area contributed by atoms with Gasteiger partial charge >= 0.3 is 5.97 Å². The number of aliphatic hydroxyl groups is 1. The number of aliphatic hydroxyl groups excluding tert-OH is 1. The molecule has 1 aliphatic rings. The maximum Gasteiger partial charge on any atom is 0.316 e. The molecule has 0 radical (unpaired) electrons. The van der Waals surface area contributed by atoms with E-state index in [0.717, 1.165) is 25.5 Å². The lowest BCUT2D eigenvalue weighted by atomic mass is 9.78. The summed E-state index contributed by atoms with van der Waals surface area (Å²) in [5.41, 5.74) is 0.0784. The molecule has 22 heavy (non-hydrogen) atoms. The van der Waals surface area contributed by atoms with Crippen molar-refractivity contribution in [1.29, 1.82) is 0 Å². The molecule has 0 aromatic rings. The Morgan fingerprint density at radius 2 is 2.05 bits per heavy atom. The molecule has 5 nitrogen and oxygen atoms in total. The van der Waals surface area contributed by atoms with E-state index in [0.29, 0.717) is 19.6 Å². The third kappa shape index (κ3) is 6.07. The molecule has 0 aromatic heterocycles. The van der Waals surface area contributed by atoms with E-state index in [1.54, 1.807) is 0 Å². The van der Waals surface area contributed by atoms with Crippen LogP contribution in [0.4, 0.5) is 0 Å². The van der Waals surface area contributed by atoms with Gasteiger partial charge in [-0.2, -0.15) is 0 Å². The van der Waals surface area contributed by atoms with Crippen molar-refractivity contribution in [1.82, 2.24) is 0 Å². The van der Waals surface area contributed by atoms with Gasteiger partial charge in [0.2, 0.25) is 0 Å². The molecule has 0 saturated carbocycles. The van der Waals surface area contributed by atoms with Crippen molar-refractivity contribution in [2.45, 2.75) is 65.8 Å². The Kier molecular flexibility index (Phi) is 8.89. The number of rotatable bonds is 7. The summed E-state index contributed by atoms with van der Waals surface area (Å²) < 4.78 is 16.7. The van der Waals surface area contributed by atoms with Gasteiger partial charge in [0.25, 0.3) is 0 Å². The van der Waals surface area contributed by atoms with Crippen LogP contribution in [0.5, 0.6) is 0 Å².